The van der Waals surface area contributed by atoms with Gasteiger partial charge in [0.2, 0.25) is 10.0 Å². The maximum absolute atomic E-state index is 12.4. The van der Waals surface area contributed by atoms with E-state index in [1.54, 1.807) is 18.2 Å². The first-order valence-electron chi connectivity index (χ1n) is 7.58. The van der Waals surface area contributed by atoms with E-state index in [2.05, 4.69) is 25.6 Å². The number of rotatable bonds is 7. The van der Waals surface area contributed by atoms with E-state index in [-0.39, 0.29) is 4.90 Å². The van der Waals surface area contributed by atoms with Crippen molar-refractivity contribution < 1.29 is 13.2 Å². The summed E-state index contributed by atoms with van der Waals surface area (Å²) in [6.07, 6.45) is 4.63. The van der Waals surface area contributed by atoms with E-state index in [1.165, 1.54) is 26.4 Å². The van der Waals surface area contributed by atoms with Gasteiger partial charge in [0, 0.05) is 11.0 Å². The summed E-state index contributed by atoms with van der Waals surface area (Å²) in [7, 11) is -2.08. The highest BCUT2D eigenvalue weighted by molar-refractivity contribution is 9.10. The summed E-state index contributed by atoms with van der Waals surface area (Å²) < 4.78 is 33.3. The Kier molecular flexibility index (Phi) is 6.67. The van der Waals surface area contributed by atoms with Crippen LogP contribution in [0.3, 0.4) is 0 Å². The van der Waals surface area contributed by atoms with Gasteiger partial charge in [-0.1, -0.05) is 22.4 Å². The molecule has 0 radical (unpaired) electrons. The first-order chi connectivity index (χ1) is 10.5. The lowest BCUT2D eigenvalue weighted by Gasteiger charge is -2.26. The van der Waals surface area contributed by atoms with Crippen molar-refractivity contribution in [2.45, 2.75) is 30.6 Å². The van der Waals surface area contributed by atoms with Crippen molar-refractivity contribution in [2.75, 3.05) is 33.3 Å². The predicted molar refractivity (Wildman–Crippen MR) is 90.8 cm³/mol. The maximum atomic E-state index is 12.4. The first-order valence-corrected chi connectivity index (χ1v) is 9.86. The van der Waals surface area contributed by atoms with E-state index in [9.17, 15) is 8.42 Å². The molecule has 0 unspecified atom stereocenters. The van der Waals surface area contributed by atoms with E-state index in [1.807, 2.05) is 0 Å². The van der Waals surface area contributed by atoms with Crippen molar-refractivity contribution in [3.05, 3.63) is 22.7 Å². The number of hydrogen-bond donors (Lipinski definition) is 1. The van der Waals surface area contributed by atoms with Gasteiger partial charge in [0.25, 0.3) is 0 Å². The Morgan fingerprint density at radius 1 is 1.27 bits per heavy atom. The van der Waals surface area contributed by atoms with E-state index >= 15 is 0 Å². The first kappa shape index (κ1) is 17.7. The van der Waals surface area contributed by atoms with Crippen LogP contribution < -0.4 is 9.46 Å². The highest BCUT2D eigenvalue weighted by Gasteiger charge is 2.19. The SMILES string of the molecule is COc1ccc(Br)cc1S(=O)(=O)NCCCN1CCCCC1. The highest BCUT2D eigenvalue weighted by Crippen LogP contribution is 2.27. The third kappa shape index (κ3) is 4.94. The van der Waals surface area contributed by atoms with Crippen molar-refractivity contribution in [1.82, 2.24) is 9.62 Å². The lowest BCUT2D eigenvalue weighted by Crippen LogP contribution is -2.33. The number of methoxy groups -OCH3 is 1. The molecule has 0 aromatic heterocycles. The summed E-state index contributed by atoms with van der Waals surface area (Å²) in [6.45, 7) is 3.64. The average Bonchev–Trinajstić information content (AvgIpc) is 2.52. The van der Waals surface area contributed by atoms with Crippen molar-refractivity contribution in [3.63, 3.8) is 0 Å². The molecule has 0 atom stereocenters. The molecule has 22 heavy (non-hydrogen) atoms. The van der Waals surface area contributed by atoms with Crippen LogP contribution >= 0.6 is 15.9 Å². The fraction of sp³-hybridized carbons (Fsp3) is 0.600. The summed E-state index contributed by atoms with van der Waals surface area (Å²) in [5.74, 6) is 0.353. The number of hydrogen-bond acceptors (Lipinski definition) is 4. The Bertz CT molecular complexity index is 586. The Morgan fingerprint density at radius 2 is 2.00 bits per heavy atom. The molecular formula is C15H23BrN2O3S. The average molecular weight is 391 g/mol. The molecular weight excluding hydrogens is 368 g/mol. The van der Waals surface area contributed by atoms with Crippen LogP contribution in [0.5, 0.6) is 5.75 Å². The molecule has 1 aromatic rings. The minimum absolute atomic E-state index is 0.169. The number of nitrogens with zero attached hydrogens (tertiary/aromatic N) is 1. The van der Waals surface area contributed by atoms with Crippen LogP contribution in [0.1, 0.15) is 25.7 Å². The van der Waals surface area contributed by atoms with Gasteiger partial charge in [-0.2, -0.15) is 0 Å². The van der Waals surface area contributed by atoms with Crippen LogP contribution in [0.25, 0.3) is 0 Å². The van der Waals surface area contributed by atoms with Gasteiger partial charge in [-0.15, -0.1) is 0 Å². The molecule has 0 saturated carbocycles. The number of piperidine rings is 1. The largest absolute Gasteiger partial charge is 0.495 e. The van der Waals surface area contributed by atoms with Crippen molar-refractivity contribution in [3.8, 4) is 5.75 Å². The Morgan fingerprint density at radius 3 is 2.68 bits per heavy atom. The lowest BCUT2D eigenvalue weighted by molar-refractivity contribution is 0.227. The third-order valence-electron chi connectivity index (χ3n) is 3.81. The molecule has 0 amide bonds. The second-order valence-electron chi connectivity index (χ2n) is 5.45. The minimum atomic E-state index is -3.55. The van der Waals surface area contributed by atoms with E-state index in [4.69, 9.17) is 4.74 Å². The quantitative estimate of drug-likeness (QED) is 0.726. The molecule has 7 heteroatoms. The number of likely N-dealkylation sites (tertiary alicyclic amines) is 1. The molecule has 1 N–H and O–H groups in total. The molecule has 0 bridgehead atoms. The van der Waals surface area contributed by atoms with Gasteiger partial charge in [-0.3, -0.25) is 0 Å². The fourth-order valence-electron chi connectivity index (χ4n) is 2.63. The Balaban J connectivity index is 1.89. The van der Waals surface area contributed by atoms with Crippen LogP contribution in [0.15, 0.2) is 27.6 Å². The van der Waals surface area contributed by atoms with Crippen molar-refractivity contribution in [2.24, 2.45) is 0 Å². The predicted octanol–water partition coefficient (Wildman–Crippen LogP) is 2.61. The normalized spacial score (nSPS) is 16.6. The standard InChI is InChI=1S/C15H23BrN2O3S/c1-21-14-7-6-13(16)12-15(14)22(19,20)17-8-5-11-18-9-3-2-4-10-18/h6-7,12,17H,2-5,8-11H2,1H3. The Labute approximate surface area is 141 Å². The molecule has 1 aliphatic rings. The molecule has 1 aliphatic heterocycles. The van der Waals surface area contributed by atoms with Crippen LogP contribution in [-0.2, 0) is 10.0 Å². The molecule has 1 fully saturated rings. The Hall–Kier alpha value is -0.630. The van der Waals surface area contributed by atoms with Crippen LogP contribution in [0.4, 0.5) is 0 Å². The van der Waals surface area contributed by atoms with Gasteiger partial charge in [0.15, 0.2) is 0 Å². The van der Waals surface area contributed by atoms with E-state index in [0.29, 0.717) is 16.8 Å². The van der Waals surface area contributed by atoms with Crippen LogP contribution in [-0.4, -0.2) is 46.6 Å². The fourth-order valence-corrected chi connectivity index (χ4v) is 4.41. The van der Waals surface area contributed by atoms with Crippen LogP contribution in [0.2, 0.25) is 0 Å². The summed E-state index contributed by atoms with van der Waals surface area (Å²) in [4.78, 5) is 2.57. The number of sulfonamides is 1. The smallest absolute Gasteiger partial charge is 0.244 e. The second-order valence-corrected chi connectivity index (χ2v) is 8.10. The summed E-state index contributed by atoms with van der Waals surface area (Å²) in [5.41, 5.74) is 0. The molecule has 2 rings (SSSR count). The topological polar surface area (TPSA) is 58.6 Å². The van der Waals surface area contributed by atoms with Gasteiger partial charge < -0.3 is 9.64 Å². The van der Waals surface area contributed by atoms with E-state index in [0.717, 1.165) is 26.1 Å². The molecule has 1 aromatic carbocycles. The molecule has 0 aliphatic carbocycles. The molecule has 1 saturated heterocycles. The number of nitrogens with one attached hydrogen (secondary N) is 1. The second kappa shape index (κ2) is 8.29. The molecule has 0 spiro atoms. The zero-order valence-electron chi connectivity index (χ0n) is 12.8. The monoisotopic (exact) mass is 390 g/mol. The van der Waals surface area contributed by atoms with Gasteiger partial charge in [-0.05, 0) is 57.1 Å². The number of halogens is 1. The summed E-state index contributed by atoms with van der Waals surface area (Å²) in [6, 6.07) is 4.96. The third-order valence-corrected chi connectivity index (χ3v) is 5.78. The number of benzene rings is 1. The van der Waals surface area contributed by atoms with Gasteiger partial charge in [0.1, 0.15) is 10.6 Å². The summed E-state index contributed by atoms with van der Waals surface area (Å²) >= 11 is 3.30. The van der Waals surface area contributed by atoms with Crippen molar-refractivity contribution >= 4 is 26.0 Å². The molecule has 5 nitrogen and oxygen atoms in total. The van der Waals surface area contributed by atoms with Gasteiger partial charge in [0.05, 0.1) is 7.11 Å². The van der Waals surface area contributed by atoms with Gasteiger partial charge in [-0.25, -0.2) is 13.1 Å². The summed E-state index contributed by atoms with van der Waals surface area (Å²) in [5, 5.41) is 0. The molecule has 1 heterocycles. The van der Waals surface area contributed by atoms with Crippen LogP contribution in [0, 0.1) is 0 Å². The lowest BCUT2D eigenvalue weighted by atomic mass is 10.1. The zero-order chi connectivity index (χ0) is 16.0. The van der Waals surface area contributed by atoms with Gasteiger partial charge >= 0.3 is 0 Å². The van der Waals surface area contributed by atoms with E-state index < -0.39 is 10.0 Å². The highest BCUT2D eigenvalue weighted by atomic mass is 79.9. The zero-order valence-corrected chi connectivity index (χ0v) is 15.2. The molecule has 124 valence electrons. The van der Waals surface area contributed by atoms with Crippen molar-refractivity contribution in [1.29, 1.82) is 0 Å². The number of ether oxygens (including phenoxy) is 1. The maximum Gasteiger partial charge on any atom is 0.244 e. The minimum Gasteiger partial charge on any atom is -0.495 e.